The van der Waals surface area contributed by atoms with Crippen molar-refractivity contribution in [1.29, 1.82) is 0 Å². The summed E-state index contributed by atoms with van der Waals surface area (Å²) in [4.78, 5) is 12.7. The minimum atomic E-state index is -3.86. The molecule has 0 aromatic heterocycles. The van der Waals surface area contributed by atoms with Gasteiger partial charge in [-0.2, -0.15) is 0 Å². The summed E-state index contributed by atoms with van der Waals surface area (Å²) < 4.78 is 23.7. The van der Waals surface area contributed by atoms with Crippen molar-refractivity contribution in [2.45, 2.75) is 30.7 Å². The van der Waals surface area contributed by atoms with Crippen LogP contribution in [0.5, 0.6) is 0 Å². The van der Waals surface area contributed by atoms with Crippen LogP contribution in [0.3, 0.4) is 0 Å². The fourth-order valence-corrected chi connectivity index (χ4v) is 4.24. The molecule has 0 spiro atoms. The summed E-state index contributed by atoms with van der Waals surface area (Å²) >= 11 is 0. The van der Waals surface area contributed by atoms with Crippen molar-refractivity contribution in [3.8, 4) is 11.1 Å². The van der Waals surface area contributed by atoms with E-state index in [0.717, 1.165) is 5.69 Å². The van der Waals surface area contributed by atoms with Crippen LogP contribution in [0, 0.1) is 0 Å². The van der Waals surface area contributed by atoms with E-state index in [-0.39, 0.29) is 29.1 Å². The molecule has 0 aliphatic carbocycles. The van der Waals surface area contributed by atoms with Crippen LogP contribution in [-0.2, 0) is 14.8 Å². The molecular weight excluding hydrogens is 454 g/mol. The number of sulfonamides is 1. The van der Waals surface area contributed by atoms with E-state index in [0.29, 0.717) is 28.8 Å². The normalized spacial score (nSPS) is 12.7. The first kappa shape index (κ1) is 24.7. The molecule has 10 heteroatoms. The minimum absolute atomic E-state index is 0.00424. The van der Waals surface area contributed by atoms with Gasteiger partial charge in [0.05, 0.1) is 4.90 Å². The highest BCUT2D eigenvalue weighted by Gasteiger charge is 2.16. The molecule has 3 aromatic rings. The third-order valence-corrected chi connectivity index (χ3v) is 6.20. The number of hydrogen-bond donors (Lipinski definition) is 5. The molecular formula is C24H27N5O4S. The molecule has 1 amide bonds. The van der Waals surface area contributed by atoms with Gasteiger partial charge in [0.15, 0.2) is 5.84 Å². The van der Waals surface area contributed by atoms with Crippen LogP contribution in [0.15, 0.2) is 82.8 Å². The van der Waals surface area contributed by atoms with E-state index in [1.807, 2.05) is 13.0 Å². The SMILES string of the molecule is CC[C@@H](CC(=O)Nc1ccc(-c2ccccc2S(N)(=O)=O)cc1)Nc1cccc(/C(N)=N/O)c1. The van der Waals surface area contributed by atoms with Crippen LogP contribution in [0.2, 0.25) is 0 Å². The van der Waals surface area contributed by atoms with Crippen molar-refractivity contribution in [2.24, 2.45) is 16.0 Å². The number of nitrogens with one attached hydrogen (secondary N) is 2. The van der Waals surface area contributed by atoms with Crippen molar-refractivity contribution < 1.29 is 18.4 Å². The summed E-state index contributed by atoms with van der Waals surface area (Å²) in [6, 6.07) is 20.3. The highest BCUT2D eigenvalue weighted by Crippen LogP contribution is 2.27. The zero-order valence-corrected chi connectivity index (χ0v) is 19.4. The van der Waals surface area contributed by atoms with Gasteiger partial charge in [0, 0.05) is 35.0 Å². The van der Waals surface area contributed by atoms with E-state index >= 15 is 0 Å². The maximum Gasteiger partial charge on any atom is 0.238 e. The molecule has 3 aromatic carbocycles. The van der Waals surface area contributed by atoms with Crippen LogP contribution in [-0.4, -0.2) is 31.4 Å². The molecule has 0 bridgehead atoms. The Morgan fingerprint density at radius 3 is 2.38 bits per heavy atom. The first-order chi connectivity index (χ1) is 16.2. The lowest BCUT2D eigenvalue weighted by atomic mass is 10.1. The zero-order chi connectivity index (χ0) is 24.7. The molecule has 0 aliphatic heterocycles. The van der Waals surface area contributed by atoms with E-state index in [4.69, 9.17) is 16.1 Å². The Hall–Kier alpha value is -3.89. The second kappa shape index (κ2) is 10.8. The van der Waals surface area contributed by atoms with Crippen LogP contribution in [0.25, 0.3) is 11.1 Å². The zero-order valence-electron chi connectivity index (χ0n) is 18.6. The summed E-state index contributed by atoms with van der Waals surface area (Å²) in [5.41, 5.74) is 8.71. The van der Waals surface area contributed by atoms with Gasteiger partial charge in [0.25, 0.3) is 0 Å². The van der Waals surface area contributed by atoms with Crippen molar-refractivity contribution in [3.63, 3.8) is 0 Å². The second-order valence-electron chi connectivity index (χ2n) is 7.69. The second-order valence-corrected chi connectivity index (χ2v) is 9.22. The summed E-state index contributed by atoms with van der Waals surface area (Å²) in [5.74, 6) is -0.172. The number of benzene rings is 3. The number of nitrogens with two attached hydrogens (primary N) is 2. The van der Waals surface area contributed by atoms with Gasteiger partial charge in [-0.3, -0.25) is 4.79 Å². The lowest BCUT2D eigenvalue weighted by molar-refractivity contribution is -0.116. The third-order valence-electron chi connectivity index (χ3n) is 5.23. The van der Waals surface area contributed by atoms with E-state index in [2.05, 4.69) is 15.8 Å². The Balaban J connectivity index is 1.66. The molecule has 0 saturated carbocycles. The Morgan fingerprint density at radius 2 is 1.74 bits per heavy atom. The van der Waals surface area contributed by atoms with Crippen LogP contribution in [0.4, 0.5) is 11.4 Å². The van der Waals surface area contributed by atoms with Crippen molar-refractivity contribution in [3.05, 3.63) is 78.4 Å². The maximum absolute atomic E-state index is 12.6. The lowest BCUT2D eigenvalue weighted by Gasteiger charge is -2.18. The minimum Gasteiger partial charge on any atom is -0.409 e. The predicted octanol–water partition coefficient (Wildman–Crippen LogP) is 3.31. The highest BCUT2D eigenvalue weighted by molar-refractivity contribution is 7.89. The number of anilines is 2. The van der Waals surface area contributed by atoms with Gasteiger partial charge in [0.2, 0.25) is 15.9 Å². The summed E-state index contributed by atoms with van der Waals surface area (Å²) in [6.07, 6.45) is 0.921. The molecule has 0 radical (unpaired) electrons. The van der Waals surface area contributed by atoms with Gasteiger partial charge in [-0.05, 0) is 42.3 Å². The average Bonchev–Trinajstić information content (AvgIpc) is 2.83. The number of primary sulfonamides is 1. The summed E-state index contributed by atoms with van der Waals surface area (Å²) in [6.45, 7) is 1.97. The summed E-state index contributed by atoms with van der Waals surface area (Å²) in [7, 11) is -3.86. The van der Waals surface area contributed by atoms with Gasteiger partial charge in [0.1, 0.15) is 0 Å². The molecule has 7 N–H and O–H groups in total. The largest absolute Gasteiger partial charge is 0.409 e. The molecule has 0 aliphatic rings. The molecule has 0 heterocycles. The fraction of sp³-hybridized carbons (Fsp3) is 0.167. The quantitative estimate of drug-likeness (QED) is 0.136. The number of amidine groups is 1. The monoisotopic (exact) mass is 481 g/mol. The van der Waals surface area contributed by atoms with Crippen LogP contribution < -0.4 is 21.5 Å². The molecule has 1 atom stereocenters. The lowest BCUT2D eigenvalue weighted by Crippen LogP contribution is -2.26. The van der Waals surface area contributed by atoms with E-state index in [1.54, 1.807) is 60.7 Å². The number of carbonyl (C=O) groups excluding carboxylic acids is 1. The standard InChI is InChI=1S/C24H27N5O4S/c1-2-18(27-20-7-5-6-17(14-20)24(25)29-31)15-23(30)28-19-12-10-16(11-13-19)21-8-3-4-9-22(21)34(26,32)33/h3-14,18,27,31H,2,15H2,1H3,(H2,25,29)(H,28,30)(H2,26,32,33)/t18-/m0/s1. The first-order valence-corrected chi connectivity index (χ1v) is 12.1. The Bertz CT molecular complexity index is 1290. The average molecular weight is 482 g/mol. The molecule has 3 rings (SSSR count). The third kappa shape index (κ3) is 6.33. The van der Waals surface area contributed by atoms with Gasteiger partial charge in [-0.25, -0.2) is 13.6 Å². The number of oxime groups is 1. The molecule has 178 valence electrons. The van der Waals surface area contributed by atoms with E-state index < -0.39 is 10.0 Å². The molecule has 0 saturated heterocycles. The van der Waals surface area contributed by atoms with Gasteiger partial charge in [-0.1, -0.05) is 54.5 Å². The Labute approximate surface area is 198 Å². The number of carbonyl (C=O) groups is 1. The summed E-state index contributed by atoms with van der Waals surface area (Å²) in [5, 5.41) is 23.3. The molecule has 34 heavy (non-hydrogen) atoms. The molecule has 0 fully saturated rings. The van der Waals surface area contributed by atoms with Gasteiger partial charge in [-0.15, -0.1) is 0 Å². The Morgan fingerprint density at radius 1 is 1.03 bits per heavy atom. The van der Waals surface area contributed by atoms with Crippen molar-refractivity contribution >= 4 is 33.1 Å². The van der Waals surface area contributed by atoms with Crippen LogP contribution in [0.1, 0.15) is 25.3 Å². The predicted molar refractivity (Wildman–Crippen MR) is 133 cm³/mol. The number of rotatable bonds is 9. The first-order valence-electron chi connectivity index (χ1n) is 10.6. The van der Waals surface area contributed by atoms with Crippen molar-refractivity contribution in [2.75, 3.05) is 10.6 Å². The van der Waals surface area contributed by atoms with Crippen molar-refractivity contribution in [1.82, 2.24) is 0 Å². The number of nitrogens with zero attached hydrogens (tertiary/aromatic N) is 1. The highest BCUT2D eigenvalue weighted by atomic mass is 32.2. The van der Waals surface area contributed by atoms with Crippen LogP contribution >= 0.6 is 0 Å². The smallest absolute Gasteiger partial charge is 0.238 e. The van der Waals surface area contributed by atoms with Gasteiger partial charge < -0.3 is 21.6 Å². The Kier molecular flexibility index (Phi) is 7.87. The number of amides is 1. The topological polar surface area (TPSA) is 160 Å². The van der Waals surface area contributed by atoms with E-state index in [1.165, 1.54) is 6.07 Å². The fourth-order valence-electron chi connectivity index (χ4n) is 3.48. The maximum atomic E-state index is 12.6. The van der Waals surface area contributed by atoms with Gasteiger partial charge >= 0.3 is 0 Å². The molecule has 9 nitrogen and oxygen atoms in total. The number of hydrogen-bond acceptors (Lipinski definition) is 6. The van der Waals surface area contributed by atoms with E-state index in [9.17, 15) is 13.2 Å². The molecule has 0 unspecified atom stereocenters.